The second-order valence-corrected chi connectivity index (χ2v) is 6.67. The van der Waals surface area contributed by atoms with E-state index in [4.69, 9.17) is 4.74 Å². The molecule has 2 amide bonds. The smallest absolute Gasteiger partial charge is 0.226 e. The van der Waals surface area contributed by atoms with Crippen molar-refractivity contribution in [1.29, 1.82) is 0 Å². The maximum atomic E-state index is 12.3. The molecule has 2 aromatic rings. The molecule has 2 aromatic carbocycles. The fourth-order valence-electron chi connectivity index (χ4n) is 2.97. The standard InChI is InChI=1S/C22H28N2O3/c1-16-7-5-8-17(2)22(16)23-21(26)12-14-24(18(3)25)13-11-19-9-6-10-20(15-19)27-4/h5-10,15H,11-14H2,1-4H3,(H,23,26). The Labute approximate surface area is 161 Å². The van der Waals surface area contributed by atoms with Crippen molar-refractivity contribution >= 4 is 17.5 Å². The van der Waals surface area contributed by atoms with Crippen molar-refractivity contribution in [2.75, 3.05) is 25.5 Å². The summed E-state index contributed by atoms with van der Waals surface area (Å²) in [6.45, 7) is 6.45. The molecule has 0 spiro atoms. The topological polar surface area (TPSA) is 58.6 Å². The minimum atomic E-state index is -0.0833. The highest BCUT2D eigenvalue weighted by Crippen LogP contribution is 2.19. The van der Waals surface area contributed by atoms with Crippen LogP contribution in [0, 0.1) is 13.8 Å². The van der Waals surface area contributed by atoms with Crippen molar-refractivity contribution in [1.82, 2.24) is 4.90 Å². The lowest BCUT2D eigenvalue weighted by Crippen LogP contribution is -2.33. The van der Waals surface area contributed by atoms with Crippen LogP contribution in [0.1, 0.15) is 30.0 Å². The van der Waals surface area contributed by atoms with E-state index >= 15 is 0 Å². The van der Waals surface area contributed by atoms with Crippen LogP contribution in [-0.4, -0.2) is 36.9 Å². The van der Waals surface area contributed by atoms with Gasteiger partial charge in [0.2, 0.25) is 11.8 Å². The number of benzene rings is 2. The van der Waals surface area contributed by atoms with E-state index in [1.807, 2.05) is 56.3 Å². The van der Waals surface area contributed by atoms with Crippen LogP contribution in [0.25, 0.3) is 0 Å². The maximum absolute atomic E-state index is 12.3. The highest BCUT2D eigenvalue weighted by molar-refractivity contribution is 5.92. The molecule has 0 saturated carbocycles. The molecule has 5 heteroatoms. The molecule has 5 nitrogen and oxygen atoms in total. The van der Waals surface area contributed by atoms with Gasteiger partial charge in [-0.15, -0.1) is 0 Å². The summed E-state index contributed by atoms with van der Waals surface area (Å²) in [5, 5.41) is 2.97. The maximum Gasteiger partial charge on any atom is 0.226 e. The Balaban J connectivity index is 1.90. The Morgan fingerprint density at radius 2 is 1.70 bits per heavy atom. The predicted octanol–water partition coefficient (Wildman–Crippen LogP) is 3.73. The number of para-hydroxylation sites is 1. The molecular formula is C22H28N2O3. The Hall–Kier alpha value is -2.82. The van der Waals surface area contributed by atoms with E-state index in [-0.39, 0.29) is 18.2 Å². The van der Waals surface area contributed by atoms with Crippen molar-refractivity contribution in [2.45, 2.75) is 33.6 Å². The van der Waals surface area contributed by atoms with Gasteiger partial charge in [-0.05, 0) is 49.1 Å². The average molecular weight is 368 g/mol. The third-order valence-electron chi connectivity index (χ3n) is 4.60. The highest BCUT2D eigenvalue weighted by atomic mass is 16.5. The van der Waals surface area contributed by atoms with Gasteiger partial charge in [0.1, 0.15) is 5.75 Å². The van der Waals surface area contributed by atoms with E-state index in [1.165, 1.54) is 6.92 Å². The predicted molar refractivity (Wildman–Crippen MR) is 108 cm³/mol. The van der Waals surface area contributed by atoms with Crippen molar-refractivity contribution in [3.05, 3.63) is 59.2 Å². The van der Waals surface area contributed by atoms with Gasteiger partial charge in [-0.3, -0.25) is 9.59 Å². The van der Waals surface area contributed by atoms with E-state index in [0.29, 0.717) is 13.1 Å². The summed E-state index contributed by atoms with van der Waals surface area (Å²) in [4.78, 5) is 26.0. The van der Waals surface area contributed by atoms with Gasteiger partial charge in [0.15, 0.2) is 0 Å². The lowest BCUT2D eigenvalue weighted by atomic mass is 10.1. The van der Waals surface area contributed by atoms with Gasteiger partial charge in [0, 0.05) is 32.1 Å². The van der Waals surface area contributed by atoms with Crippen LogP contribution in [-0.2, 0) is 16.0 Å². The number of amides is 2. The number of methoxy groups -OCH3 is 1. The Morgan fingerprint density at radius 3 is 2.33 bits per heavy atom. The summed E-state index contributed by atoms with van der Waals surface area (Å²) in [5.74, 6) is 0.688. The Kier molecular flexibility index (Phi) is 7.41. The summed E-state index contributed by atoms with van der Waals surface area (Å²) in [7, 11) is 1.63. The lowest BCUT2D eigenvalue weighted by Gasteiger charge is -2.21. The van der Waals surface area contributed by atoms with Crippen LogP contribution in [0.15, 0.2) is 42.5 Å². The van der Waals surface area contributed by atoms with Gasteiger partial charge in [-0.2, -0.15) is 0 Å². The first-order chi connectivity index (χ1) is 12.9. The number of aryl methyl sites for hydroxylation is 2. The summed E-state index contributed by atoms with van der Waals surface area (Å²) in [5.41, 5.74) is 4.02. The molecule has 2 rings (SSSR count). The molecule has 0 unspecified atom stereocenters. The number of carbonyl (C=O) groups excluding carboxylic acids is 2. The average Bonchev–Trinajstić information content (AvgIpc) is 2.64. The largest absolute Gasteiger partial charge is 0.497 e. The minimum Gasteiger partial charge on any atom is -0.497 e. The third-order valence-corrected chi connectivity index (χ3v) is 4.60. The van der Waals surface area contributed by atoms with Gasteiger partial charge in [-0.25, -0.2) is 0 Å². The molecule has 27 heavy (non-hydrogen) atoms. The van der Waals surface area contributed by atoms with Gasteiger partial charge in [0.25, 0.3) is 0 Å². The van der Waals surface area contributed by atoms with E-state index in [9.17, 15) is 9.59 Å². The van der Waals surface area contributed by atoms with Crippen molar-refractivity contribution in [3.8, 4) is 5.75 Å². The van der Waals surface area contributed by atoms with Crippen molar-refractivity contribution in [2.24, 2.45) is 0 Å². The molecule has 1 N–H and O–H groups in total. The molecule has 0 atom stereocenters. The van der Waals surface area contributed by atoms with E-state index in [1.54, 1.807) is 12.0 Å². The number of anilines is 1. The van der Waals surface area contributed by atoms with Gasteiger partial charge >= 0.3 is 0 Å². The quantitative estimate of drug-likeness (QED) is 0.772. The highest BCUT2D eigenvalue weighted by Gasteiger charge is 2.13. The molecule has 0 heterocycles. The van der Waals surface area contributed by atoms with Crippen molar-refractivity contribution in [3.63, 3.8) is 0 Å². The second-order valence-electron chi connectivity index (χ2n) is 6.67. The van der Waals surface area contributed by atoms with Gasteiger partial charge < -0.3 is 15.0 Å². The van der Waals surface area contributed by atoms with E-state index in [0.717, 1.165) is 34.5 Å². The zero-order valence-corrected chi connectivity index (χ0v) is 16.5. The van der Waals surface area contributed by atoms with Crippen LogP contribution in [0.5, 0.6) is 5.75 Å². The molecule has 144 valence electrons. The third kappa shape index (κ3) is 6.13. The molecule has 0 radical (unpaired) electrons. The van der Waals surface area contributed by atoms with Crippen LogP contribution in [0.3, 0.4) is 0 Å². The van der Waals surface area contributed by atoms with Crippen molar-refractivity contribution < 1.29 is 14.3 Å². The first-order valence-corrected chi connectivity index (χ1v) is 9.15. The fraction of sp³-hybridized carbons (Fsp3) is 0.364. The Morgan fingerprint density at radius 1 is 1.04 bits per heavy atom. The zero-order chi connectivity index (χ0) is 19.8. The first kappa shape index (κ1) is 20.5. The van der Waals surface area contributed by atoms with E-state index < -0.39 is 0 Å². The number of nitrogens with one attached hydrogen (secondary N) is 1. The fourth-order valence-corrected chi connectivity index (χ4v) is 2.97. The number of nitrogens with zero attached hydrogens (tertiary/aromatic N) is 1. The number of hydrogen-bond donors (Lipinski definition) is 1. The number of rotatable bonds is 8. The molecular weight excluding hydrogens is 340 g/mol. The summed E-state index contributed by atoms with van der Waals surface area (Å²) < 4.78 is 5.23. The summed E-state index contributed by atoms with van der Waals surface area (Å²) >= 11 is 0. The molecule has 0 aliphatic rings. The molecule has 0 aliphatic heterocycles. The molecule has 0 fully saturated rings. The first-order valence-electron chi connectivity index (χ1n) is 9.15. The molecule has 0 saturated heterocycles. The number of hydrogen-bond acceptors (Lipinski definition) is 3. The van der Waals surface area contributed by atoms with Crippen LogP contribution in [0.2, 0.25) is 0 Å². The summed E-state index contributed by atoms with van der Waals surface area (Å²) in [6, 6.07) is 13.7. The number of carbonyl (C=O) groups is 2. The zero-order valence-electron chi connectivity index (χ0n) is 16.5. The minimum absolute atomic E-state index is 0.0298. The van der Waals surface area contributed by atoms with E-state index in [2.05, 4.69) is 5.32 Å². The SMILES string of the molecule is COc1cccc(CCN(CCC(=O)Nc2c(C)cccc2C)C(C)=O)c1. The monoisotopic (exact) mass is 368 g/mol. The number of ether oxygens (including phenoxy) is 1. The Bertz CT molecular complexity index is 782. The lowest BCUT2D eigenvalue weighted by molar-refractivity contribution is -0.129. The molecule has 0 aromatic heterocycles. The summed E-state index contributed by atoms with van der Waals surface area (Å²) in [6.07, 6.45) is 0.987. The molecule has 0 bridgehead atoms. The van der Waals surface area contributed by atoms with Crippen LogP contribution < -0.4 is 10.1 Å². The van der Waals surface area contributed by atoms with Crippen LogP contribution in [0.4, 0.5) is 5.69 Å². The van der Waals surface area contributed by atoms with Crippen LogP contribution >= 0.6 is 0 Å². The van der Waals surface area contributed by atoms with Gasteiger partial charge in [0.05, 0.1) is 7.11 Å². The second kappa shape index (κ2) is 9.76. The van der Waals surface area contributed by atoms with Gasteiger partial charge in [-0.1, -0.05) is 30.3 Å². The normalized spacial score (nSPS) is 10.4. The molecule has 0 aliphatic carbocycles.